The molecule has 0 unspecified atom stereocenters. The lowest BCUT2D eigenvalue weighted by atomic mass is 10.2. The van der Waals surface area contributed by atoms with E-state index in [1.54, 1.807) is 7.11 Å². The number of nitrogens with zero attached hydrogens (tertiary/aromatic N) is 1. The number of methoxy groups -OCH3 is 1. The summed E-state index contributed by atoms with van der Waals surface area (Å²) in [5.41, 5.74) is 3.27. The third-order valence-corrected chi connectivity index (χ3v) is 4.56. The topological polar surface area (TPSA) is 15.1 Å². The van der Waals surface area contributed by atoms with E-state index in [9.17, 15) is 0 Å². The van der Waals surface area contributed by atoms with Crippen LogP contribution in [0, 0.1) is 0 Å². The predicted octanol–water partition coefficient (Wildman–Crippen LogP) is 6.66. The molecule has 0 aliphatic carbocycles. The third kappa shape index (κ3) is 3.83. The first-order valence-electron chi connectivity index (χ1n) is 7.13. The second kappa shape index (κ2) is 7.30. The molecule has 23 heavy (non-hydrogen) atoms. The Morgan fingerprint density at radius 2 is 0.957 bits per heavy atom. The van der Waals surface area contributed by atoms with Gasteiger partial charge in [-0.2, -0.15) is 0 Å². The van der Waals surface area contributed by atoms with Crippen molar-refractivity contribution in [1.29, 1.82) is 0 Å². The van der Waals surface area contributed by atoms with Gasteiger partial charge in [-0.1, -0.05) is 36.8 Å². The Morgan fingerprint density at radius 3 is 1.30 bits per heavy atom. The summed E-state index contributed by atoms with van der Waals surface area (Å²) in [6.45, 7) is 0. The molecular weight excluding hydrogens is 418 g/mol. The standard InChI is InChI=1S/C19H15Br2NO/c1-23-19-12-10-18(11-13-19)22(16-6-2-14(20)3-7-16)17-8-4-15(21)5-9-17/h2-13H,1H3/q+1. The zero-order valence-electron chi connectivity index (χ0n) is 12.5. The van der Waals surface area contributed by atoms with Crippen molar-refractivity contribution in [2.75, 3.05) is 7.11 Å². The van der Waals surface area contributed by atoms with Crippen LogP contribution in [0.4, 0.5) is 17.1 Å². The highest BCUT2D eigenvalue weighted by Crippen LogP contribution is 2.35. The van der Waals surface area contributed by atoms with Crippen molar-refractivity contribution in [3.05, 3.63) is 81.7 Å². The van der Waals surface area contributed by atoms with E-state index in [1.165, 1.54) is 0 Å². The Bertz CT molecular complexity index is 722. The molecule has 3 rings (SSSR count). The first kappa shape index (κ1) is 16.2. The average molecular weight is 433 g/mol. The van der Waals surface area contributed by atoms with Crippen molar-refractivity contribution < 1.29 is 4.74 Å². The van der Waals surface area contributed by atoms with E-state index in [1.807, 2.05) is 36.4 Å². The summed E-state index contributed by atoms with van der Waals surface area (Å²) >= 11 is 6.99. The first-order chi connectivity index (χ1) is 11.2. The fourth-order valence-corrected chi connectivity index (χ4v) is 2.89. The molecule has 4 heteroatoms. The highest BCUT2D eigenvalue weighted by Gasteiger charge is 2.25. The van der Waals surface area contributed by atoms with Crippen molar-refractivity contribution in [3.63, 3.8) is 0 Å². The lowest BCUT2D eigenvalue weighted by Gasteiger charge is -2.11. The molecule has 0 aliphatic heterocycles. The molecule has 115 valence electrons. The lowest BCUT2D eigenvalue weighted by molar-refractivity contribution is 0.415. The SMILES string of the molecule is COc1ccc([N+](c2ccc(Br)cc2)c2ccc(Br)cc2)cc1. The maximum absolute atomic E-state index is 5.26. The normalized spacial score (nSPS) is 10.8. The van der Waals surface area contributed by atoms with Gasteiger partial charge in [0.1, 0.15) is 5.75 Å². The predicted molar refractivity (Wildman–Crippen MR) is 102 cm³/mol. The van der Waals surface area contributed by atoms with Crippen molar-refractivity contribution in [2.45, 2.75) is 0 Å². The Balaban J connectivity index is 2.08. The third-order valence-electron chi connectivity index (χ3n) is 3.50. The molecule has 3 aromatic carbocycles. The zero-order chi connectivity index (χ0) is 16.2. The molecule has 3 aromatic rings. The number of rotatable bonds is 4. The number of ether oxygens (including phenoxy) is 1. The maximum atomic E-state index is 5.26. The van der Waals surface area contributed by atoms with E-state index < -0.39 is 0 Å². The molecule has 0 aliphatic rings. The van der Waals surface area contributed by atoms with Crippen molar-refractivity contribution in [3.8, 4) is 5.75 Å². The zero-order valence-corrected chi connectivity index (χ0v) is 15.7. The summed E-state index contributed by atoms with van der Waals surface area (Å²) in [7, 11) is 1.68. The molecule has 0 aromatic heterocycles. The van der Waals surface area contributed by atoms with Crippen LogP contribution < -0.4 is 9.64 Å². The van der Waals surface area contributed by atoms with Crippen LogP contribution in [0.2, 0.25) is 0 Å². The average Bonchev–Trinajstić information content (AvgIpc) is 2.59. The quantitative estimate of drug-likeness (QED) is 0.421. The Labute approximate surface area is 153 Å². The first-order valence-corrected chi connectivity index (χ1v) is 8.71. The van der Waals surface area contributed by atoms with Crippen molar-refractivity contribution in [2.24, 2.45) is 0 Å². The largest absolute Gasteiger partial charge is 0.497 e. The number of benzene rings is 3. The van der Waals surface area contributed by atoms with Gasteiger partial charge < -0.3 is 4.74 Å². The molecule has 0 N–H and O–H groups in total. The number of hydrogen-bond acceptors (Lipinski definition) is 2. The van der Waals surface area contributed by atoms with Gasteiger partial charge in [0, 0.05) is 45.3 Å². The van der Waals surface area contributed by atoms with Gasteiger partial charge in [-0.25, -0.2) is 0 Å². The lowest BCUT2D eigenvalue weighted by Crippen LogP contribution is -2.11. The molecule has 1 radical (unpaired) electrons. The highest BCUT2D eigenvalue weighted by molar-refractivity contribution is 9.10. The summed E-state index contributed by atoms with van der Waals surface area (Å²) in [5.74, 6) is 0.848. The van der Waals surface area contributed by atoms with E-state index >= 15 is 0 Å². The van der Waals surface area contributed by atoms with Crippen LogP contribution in [-0.2, 0) is 0 Å². The molecular formula is C19H15Br2NO+. The summed E-state index contributed by atoms with van der Waals surface area (Å²) in [5, 5.41) is 0. The molecule has 0 saturated carbocycles. The Morgan fingerprint density at radius 1 is 0.609 bits per heavy atom. The Hall–Kier alpha value is -1.62. The molecule has 0 heterocycles. The van der Waals surface area contributed by atoms with Crippen LogP contribution in [0.1, 0.15) is 0 Å². The van der Waals surface area contributed by atoms with Gasteiger partial charge in [0.25, 0.3) is 0 Å². The van der Waals surface area contributed by atoms with Gasteiger partial charge in [0.2, 0.25) is 0 Å². The van der Waals surface area contributed by atoms with Crippen LogP contribution in [0.15, 0.2) is 81.7 Å². The van der Waals surface area contributed by atoms with E-state index in [2.05, 4.69) is 73.2 Å². The monoisotopic (exact) mass is 431 g/mol. The van der Waals surface area contributed by atoms with Gasteiger partial charge in [0.15, 0.2) is 17.1 Å². The summed E-state index contributed by atoms with van der Waals surface area (Å²) in [4.78, 5) is 2.21. The summed E-state index contributed by atoms with van der Waals surface area (Å²) < 4.78 is 7.38. The van der Waals surface area contributed by atoms with E-state index in [0.29, 0.717) is 0 Å². The van der Waals surface area contributed by atoms with E-state index in [4.69, 9.17) is 4.74 Å². The maximum Gasteiger partial charge on any atom is 0.192 e. The molecule has 0 spiro atoms. The fraction of sp³-hybridized carbons (Fsp3) is 0.0526. The smallest absolute Gasteiger partial charge is 0.192 e. The van der Waals surface area contributed by atoms with Crippen LogP contribution >= 0.6 is 31.9 Å². The molecule has 0 amide bonds. The second-order valence-electron chi connectivity index (χ2n) is 4.99. The van der Waals surface area contributed by atoms with Crippen molar-refractivity contribution >= 4 is 48.9 Å². The summed E-state index contributed by atoms with van der Waals surface area (Å²) in [6.07, 6.45) is 0. The number of hydrogen-bond donors (Lipinski definition) is 0. The molecule has 0 atom stereocenters. The number of anilines is 3. The summed E-state index contributed by atoms with van der Waals surface area (Å²) in [6, 6.07) is 24.6. The van der Waals surface area contributed by atoms with Crippen LogP contribution in [0.25, 0.3) is 0 Å². The second-order valence-corrected chi connectivity index (χ2v) is 6.82. The Kier molecular flexibility index (Phi) is 5.16. The minimum atomic E-state index is 0.848. The van der Waals surface area contributed by atoms with Gasteiger partial charge in [-0.05, 0) is 36.4 Å². The van der Waals surface area contributed by atoms with Gasteiger partial charge in [-0.3, -0.25) is 0 Å². The minimum absolute atomic E-state index is 0.848. The molecule has 0 fully saturated rings. The highest BCUT2D eigenvalue weighted by atomic mass is 79.9. The number of halogens is 2. The molecule has 0 saturated heterocycles. The van der Waals surface area contributed by atoms with Gasteiger partial charge in [-0.15, -0.1) is 0 Å². The minimum Gasteiger partial charge on any atom is -0.497 e. The van der Waals surface area contributed by atoms with Gasteiger partial charge >= 0.3 is 0 Å². The van der Waals surface area contributed by atoms with Crippen LogP contribution in [0.3, 0.4) is 0 Å². The van der Waals surface area contributed by atoms with Gasteiger partial charge in [0.05, 0.1) is 7.11 Å². The van der Waals surface area contributed by atoms with Crippen LogP contribution in [0.5, 0.6) is 5.75 Å². The fourth-order valence-electron chi connectivity index (χ4n) is 2.36. The molecule has 0 bridgehead atoms. The van der Waals surface area contributed by atoms with Crippen molar-refractivity contribution in [1.82, 2.24) is 4.90 Å². The molecule has 2 nitrogen and oxygen atoms in total. The van der Waals surface area contributed by atoms with E-state index in [0.717, 1.165) is 31.8 Å². The van der Waals surface area contributed by atoms with E-state index in [-0.39, 0.29) is 0 Å². The van der Waals surface area contributed by atoms with Crippen LogP contribution in [-0.4, -0.2) is 7.11 Å².